The van der Waals surface area contributed by atoms with Gasteiger partial charge in [0.1, 0.15) is 5.75 Å². The number of hydrogen-bond donors (Lipinski definition) is 0. The maximum atomic E-state index is 12.0. The molecule has 0 fully saturated rings. The quantitative estimate of drug-likeness (QED) is 0.632. The van der Waals surface area contributed by atoms with Gasteiger partial charge in [-0.25, -0.2) is 5.01 Å². The number of hydrazone groups is 1. The van der Waals surface area contributed by atoms with Crippen molar-refractivity contribution in [3.63, 3.8) is 0 Å². The summed E-state index contributed by atoms with van der Waals surface area (Å²) >= 11 is 0. The van der Waals surface area contributed by atoms with Crippen molar-refractivity contribution < 1.29 is 14.5 Å². The van der Waals surface area contributed by atoms with Crippen LogP contribution in [-0.2, 0) is 4.79 Å². The van der Waals surface area contributed by atoms with E-state index in [1.54, 1.807) is 19.2 Å². The number of methoxy groups -OCH3 is 1. The highest BCUT2D eigenvalue weighted by molar-refractivity contribution is 6.03. The van der Waals surface area contributed by atoms with Crippen LogP contribution in [0.15, 0.2) is 53.6 Å². The first kappa shape index (κ1) is 16.6. The molecule has 0 spiro atoms. The third kappa shape index (κ3) is 3.35. The van der Waals surface area contributed by atoms with Crippen molar-refractivity contribution >= 4 is 17.3 Å². The van der Waals surface area contributed by atoms with Gasteiger partial charge >= 0.3 is 0 Å². The molecule has 128 valence electrons. The number of nitrogens with zero attached hydrogens (tertiary/aromatic N) is 3. The Hall–Kier alpha value is -3.22. The fourth-order valence-corrected chi connectivity index (χ4v) is 2.86. The van der Waals surface area contributed by atoms with E-state index in [-0.39, 0.29) is 17.6 Å². The molecular formula is C18H17N3O4. The van der Waals surface area contributed by atoms with Crippen LogP contribution in [-0.4, -0.2) is 28.7 Å². The van der Waals surface area contributed by atoms with Gasteiger partial charge in [-0.1, -0.05) is 12.1 Å². The fourth-order valence-electron chi connectivity index (χ4n) is 2.86. The predicted octanol–water partition coefficient (Wildman–Crippen LogP) is 3.30. The Morgan fingerprint density at radius 3 is 2.60 bits per heavy atom. The SMILES string of the molecule is COc1cccc([C@H]2CC(c3ccc([N+](=O)[O-])cc3)=NN2C(C)=O)c1. The smallest absolute Gasteiger partial charge is 0.269 e. The van der Waals surface area contributed by atoms with Crippen molar-refractivity contribution in [2.45, 2.75) is 19.4 Å². The second kappa shape index (κ2) is 6.72. The fraction of sp³-hybridized carbons (Fsp3) is 0.222. The molecule has 3 rings (SSSR count). The Balaban J connectivity index is 1.91. The van der Waals surface area contributed by atoms with Gasteiger partial charge in [-0.3, -0.25) is 14.9 Å². The van der Waals surface area contributed by atoms with Gasteiger partial charge in [0.05, 0.1) is 23.8 Å². The summed E-state index contributed by atoms with van der Waals surface area (Å²) in [5.41, 5.74) is 2.44. The van der Waals surface area contributed by atoms with Crippen LogP contribution in [0.2, 0.25) is 0 Å². The number of nitro benzene ring substituents is 1. The first-order chi connectivity index (χ1) is 12.0. The van der Waals surface area contributed by atoms with E-state index in [0.29, 0.717) is 12.2 Å². The summed E-state index contributed by atoms with van der Waals surface area (Å²) < 4.78 is 5.25. The number of rotatable bonds is 4. The molecule has 0 radical (unpaired) electrons. The molecule has 0 saturated heterocycles. The van der Waals surface area contributed by atoms with Gasteiger partial charge in [0.2, 0.25) is 5.91 Å². The Morgan fingerprint density at radius 2 is 2.00 bits per heavy atom. The Kier molecular flexibility index (Phi) is 4.47. The first-order valence-electron chi connectivity index (χ1n) is 7.75. The zero-order valence-electron chi connectivity index (χ0n) is 13.9. The van der Waals surface area contributed by atoms with Crippen LogP contribution >= 0.6 is 0 Å². The molecule has 2 aromatic rings. The van der Waals surface area contributed by atoms with E-state index in [1.807, 2.05) is 24.3 Å². The molecule has 0 saturated carbocycles. The van der Waals surface area contributed by atoms with Gasteiger partial charge < -0.3 is 4.74 Å². The molecule has 0 aromatic heterocycles. The van der Waals surface area contributed by atoms with Crippen molar-refractivity contribution in [1.82, 2.24) is 5.01 Å². The average Bonchev–Trinajstić information content (AvgIpc) is 3.07. The lowest BCUT2D eigenvalue weighted by Crippen LogP contribution is -2.24. The lowest BCUT2D eigenvalue weighted by molar-refractivity contribution is -0.384. The van der Waals surface area contributed by atoms with E-state index in [1.165, 1.54) is 24.1 Å². The van der Waals surface area contributed by atoms with E-state index >= 15 is 0 Å². The predicted molar refractivity (Wildman–Crippen MR) is 92.5 cm³/mol. The van der Waals surface area contributed by atoms with Crippen LogP contribution in [0.1, 0.15) is 30.5 Å². The summed E-state index contributed by atoms with van der Waals surface area (Å²) in [6.07, 6.45) is 0.532. The largest absolute Gasteiger partial charge is 0.497 e. The van der Waals surface area contributed by atoms with Crippen LogP contribution < -0.4 is 4.74 Å². The molecule has 7 nitrogen and oxygen atoms in total. The molecule has 0 N–H and O–H groups in total. The van der Waals surface area contributed by atoms with Gasteiger partial charge in [0.15, 0.2) is 0 Å². The minimum Gasteiger partial charge on any atom is -0.497 e. The monoisotopic (exact) mass is 339 g/mol. The Bertz CT molecular complexity index is 846. The molecule has 1 amide bonds. The molecule has 0 bridgehead atoms. The second-order valence-electron chi connectivity index (χ2n) is 5.71. The lowest BCUT2D eigenvalue weighted by Gasteiger charge is -2.20. The minimum atomic E-state index is -0.443. The maximum absolute atomic E-state index is 12.0. The van der Waals surface area contributed by atoms with Crippen molar-refractivity contribution in [3.05, 3.63) is 69.8 Å². The highest BCUT2D eigenvalue weighted by Crippen LogP contribution is 2.34. The number of amides is 1. The summed E-state index contributed by atoms with van der Waals surface area (Å²) in [5.74, 6) is 0.550. The zero-order chi connectivity index (χ0) is 18.0. The topological polar surface area (TPSA) is 85.0 Å². The van der Waals surface area contributed by atoms with E-state index in [9.17, 15) is 14.9 Å². The molecule has 1 heterocycles. The molecule has 1 aliphatic rings. The van der Waals surface area contributed by atoms with Gasteiger partial charge in [0, 0.05) is 25.5 Å². The van der Waals surface area contributed by atoms with Crippen molar-refractivity contribution in [3.8, 4) is 5.75 Å². The highest BCUT2D eigenvalue weighted by Gasteiger charge is 2.31. The summed E-state index contributed by atoms with van der Waals surface area (Å²) in [6, 6.07) is 13.5. The summed E-state index contributed by atoms with van der Waals surface area (Å²) in [7, 11) is 1.59. The van der Waals surface area contributed by atoms with Crippen molar-refractivity contribution in [2.75, 3.05) is 7.11 Å². The van der Waals surface area contributed by atoms with Crippen LogP contribution in [0.4, 0.5) is 5.69 Å². The van der Waals surface area contributed by atoms with Gasteiger partial charge in [-0.15, -0.1) is 0 Å². The molecule has 1 atom stereocenters. The van der Waals surface area contributed by atoms with Crippen molar-refractivity contribution in [1.29, 1.82) is 0 Å². The number of non-ortho nitro benzene ring substituents is 1. The summed E-state index contributed by atoms with van der Waals surface area (Å²) in [6.45, 7) is 1.47. The molecule has 25 heavy (non-hydrogen) atoms. The van der Waals surface area contributed by atoms with Crippen LogP contribution in [0, 0.1) is 10.1 Å². The maximum Gasteiger partial charge on any atom is 0.269 e. The number of nitro groups is 1. The third-order valence-corrected chi connectivity index (χ3v) is 4.12. The molecular weight excluding hydrogens is 322 g/mol. The normalized spacial score (nSPS) is 16.5. The molecule has 0 aliphatic carbocycles. The first-order valence-corrected chi connectivity index (χ1v) is 7.75. The number of hydrogen-bond acceptors (Lipinski definition) is 5. The highest BCUT2D eigenvalue weighted by atomic mass is 16.6. The Morgan fingerprint density at radius 1 is 1.28 bits per heavy atom. The molecule has 1 aliphatic heterocycles. The second-order valence-corrected chi connectivity index (χ2v) is 5.71. The number of benzene rings is 2. The molecule has 7 heteroatoms. The van der Waals surface area contributed by atoms with E-state index < -0.39 is 4.92 Å². The standard InChI is InChI=1S/C18H17N3O4/c1-12(22)20-18(14-4-3-5-16(10-14)25-2)11-17(19-20)13-6-8-15(9-7-13)21(23)24/h3-10,18H,11H2,1-2H3/t18-/m1/s1. The van der Waals surface area contributed by atoms with E-state index in [0.717, 1.165) is 16.8 Å². The molecule has 2 aromatic carbocycles. The number of carbonyl (C=O) groups is 1. The van der Waals surface area contributed by atoms with Crippen LogP contribution in [0.5, 0.6) is 5.75 Å². The summed E-state index contributed by atoms with van der Waals surface area (Å²) in [4.78, 5) is 22.3. The number of ether oxygens (including phenoxy) is 1. The lowest BCUT2D eigenvalue weighted by atomic mass is 9.98. The van der Waals surface area contributed by atoms with Gasteiger partial charge in [0.25, 0.3) is 5.69 Å². The summed E-state index contributed by atoms with van der Waals surface area (Å²) in [5, 5.41) is 16.7. The van der Waals surface area contributed by atoms with Gasteiger partial charge in [-0.2, -0.15) is 5.10 Å². The van der Waals surface area contributed by atoms with Crippen molar-refractivity contribution in [2.24, 2.45) is 5.10 Å². The van der Waals surface area contributed by atoms with E-state index in [2.05, 4.69) is 5.10 Å². The van der Waals surface area contributed by atoms with Crippen LogP contribution in [0.25, 0.3) is 0 Å². The third-order valence-electron chi connectivity index (χ3n) is 4.12. The average molecular weight is 339 g/mol. The zero-order valence-corrected chi connectivity index (χ0v) is 13.9. The Labute approximate surface area is 144 Å². The van der Waals surface area contributed by atoms with Crippen LogP contribution in [0.3, 0.4) is 0 Å². The number of carbonyl (C=O) groups excluding carboxylic acids is 1. The minimum absolute atomic E-state index is 0.0233. The van der Waals surface area contributed by atoms with Gasteiger partial charge in [-0.05, 0) is 35.4 Å². The van der Waals surface area contributed by atoms with E-state index in [4.69, 9.17) is 4.74 Å². The molecule has 0 unspecified atom stereocenters.